The number of carbonyl (C=O) groups excluding carboxylic acids is 2. The molecular weight excluding hydrogens is 265 g/mol. The molecule has 0 saturated carbocycles. The molecule has 3 amide bonds. The van der Waals surface area contributed by atoms with Gasteiger partial charge in [-0.2, -0.15) is 0 Å². The zero-order valence-corrected chi connectivity index (χ0v) is 11.6. The molecule has 0 saturated heterocycles. The molecule has 1 aromatic rings. The lowest BCUT2D eigenvalue weighted by Gasteiger charge is -2.15. The van der Waals surface area contributed by atoms with E-state index in [-0.39, 0.29) is 5.75 Å². The molecule has 0 aliphatic rings. The largest absolute Gasteiger partial charge is 0.478 e. The molecule has 110 valence electrons. The van der Waals surface area contributed by atoms with Crippen LogP contribution < -0.4 is 21.1 Å². The predicted molar refractivity (Wildman–Crippen MR) is 72.9 cm³/mol. The molecule has 0 fully saturated rings. The van der Waals surface area contributed by atoms with Crippen LogP contribution in [0.15, 0.2) is 12.1 Å². The lowest BCUT2D eigenvalue weighted by molar-refractivity contribution is -0.126. The van der Waals surface area contributed by atoms with E-state index in [2.05, 4.69) is 10.6 Å². The average molecular weight is 283 g/mol. The number of carbonyl (C=O) groups is 2. The third-order valence-corrected chi connectivity index (χ3v) is 2.57. The van der Waals surface area contributed by atoms with Crippen molar-refractivity contribution in [2.45, 2.75) is 26.9 Å². The average Bonchev–Trinajstić information content (AvgIpc) is 2.35. The highest BCUT2D eigenvalue weighted by molar-refractivity contribution is 5.96. The fraction of sp³-hybridized carbons (Fsp3) is 0.385. The van der Waals surface area contributed by atoms with Crippen LogP contribution in [0.25, 0.3) is 0 Å². The van der Waals surface area contributed by atoms with Gasteiger partial charge in [-0.25, -0.2) is 9.18 Å². The Labute approximate surface area is 116 Å². The Morgan fingerprint density at radius 3 is 2.70 bits per heavy atom. The quantitative estimate of drug-likeness (QED) is 0.727. The molecule has 0 bridgehead atoms. The molecule has 7 heteroatoms. The number of halogens is 1. The summed E-state index contributed by atoms with van der Waals surface area (Å²) in [5, 5.41) is 4.49. The smallest absolute Gasteiger partial charge is 0.321 e. The molecule has 0 spiro atoms. The second kappa shape index (κ2) is 6.74. The van der Waals surface area contributed by atoms with Crippen molar-refractivity contribution < 1.29 is 18.7 Å². The normalized spacial score (nSPS) is 11.6. The van der Waals surface area contributed by atoms with Crippen molar-refractivity contribution in [3.05, 3.63) is 23.5 Å². The Morgan fingerprint density at radius 1 is 1.45 bits per heavy atom. The van der Waals surface area contributed by atoms with Crippen LogP contribution in [0, 0.1) is 12.7 Å². The monoisotopic (exact) mass is 283 g/mol. The first kappa shape index (κ1) is 15.7. The van der Waals surface area contributed by atoms with E-state index in [0.717, 1.165) is 6.07 Å². The number of imide groups is 1. The number of nitrogens with one attached hydrogen (secondary N) is 2. The lowest BCUT2D eigenvalue weighted by Crippen LogP contribution is -2.45. The Balaban J connectivity index is 2.71. The number of nitrogens with two attached hydrogens (primary N) is 1. The van der Waals surface area contributed by atoms with E-state index >= 15 is 0 Å². The van der Waals surface area contributed by atoms with Crippen LogP contribution in [0.2, 0.25) is 0 Å². The molecule has 1 aromatic carbocycles. The number of amides is 3. The number of aryl methyl sites for hydroxylation is 1. The molecule has 1 rings (SSSR count). The molecule has 20 heavy (non-hydrogen) atoms. The number of anilines is 1. The first-order valence-electron chi connectivity index (χ1n) is 6.16. The van der Waals surface area contributed by atoms with Gasteiger partial charge in [0.05, 0.1) is 0 Å². The Hall–Kier alpha value is -2.31. The van der Waals surface area contributed by atoms with Gasteiger partial charge < -0.3 is 15.8 Å². The summed E-state index contributed by atoms with van der Waals surface area (Å²) in [6.07, 6.45) is -1.02. The highest BCUT2D eigenvalue weighted by Gasteiger charge is 2.19. The standard InChI is InChI=1S/C13H18FN3O3/c1-4-16-13(19)17-12(18)8(3)20-11-5-7(2)10(15)6-9(11)14/h5-6,8H,4,15H2,1-3H3,(H2,16,17,18,19). The fourth-order valence-corrected chi connectivity index (χ4v) is 1.42. The van der Waals surface area contributed by atoms with E-state index in [1.807, 2.05) is 0 Å². The highest BCUT2D eigenvalue weighted by atomic mass is 19.1. The summed E-state index contributed by atoms with van der Waals surface area (Å²) in [7, 11) is 0. The number of hydrogen-bond acceptors (Lipinski definition) is 4. The third kappa shape index (κ3) is 4.11. The molecule has 0 aliphatic heterocycles. The molecule has 0 aliphatic carbocycles. The SMILES string of the molecule is CCNC(=O)NC(=O)C(C)Oc1cc(C)c(N)cc1F. The number of nitrogen functional groups attached to an aromatic ring is 1. The van der Waals surface area contributed by atoms with Crippen LogP contribution in [0.3, 0.4) is 0 Å². The van der Waals surface area contributed by atoms with Crippen molar-refractivity contribution in [1.82, 2.24) is 10.6 Å². The Morgan fingerprint density at radius 2 is 2.10 bits per heavy atom. The molecular formula is C13H18FN3O3. The molecule has 6 nitrogen and oxygen atoms in total. The number of urea groups is 1. The van der Waals surface area contributed by atoms with Crippen molar-refractivity contribution in [3.63, 3.8) is 0 Å². The zero-order valence-electron chi connectivity index (χ0n) is 11.6. The number of benzene rings is 1. The van der Waals surface area contributed by atoms with E-state index in [1.165, 1.54) is 13.0 Å². The van der Waals surface area contributed by atoms with E-state index < -0.39 is 23.9 Å². The van der Waals surface area contributed by atoms with Gasteiger partial charge in [-0.1, -0.05) is 0 Å². The molecule has 0 heterocycles. The van der Waals surface area contributed by atoms with Crippen molar-refractivity contribution in [2.24, 2.45) is 0 Å². The van der Waals surface area contributed by atoms with E-state index in [0.29, 0.717) is 17.8 Å². The van der Waals surface area contributed by atoms with Gasteiger partial charge in [0.25, 0.3) is 5.91 Å². The number of rotatable bonds is 4. The Bertz CT molecular complexity index is 520. The van der Waals surface area contributed by atoms with Gasteiger partial charge in [0.2, 0.25) is 0 Å². The van der Waals surface area contributed by atoms with Crippen molar-refractivity contribution in [3.8, 4) is 5.75 Å². The summed E-state index contributed by atoms with van der Waals surface area (Å²) in [6, 6.07) is 1.90. The van der Waals surface area contributed by atoms with Crippen molar-refractivity contribution in [2.75, 3.05) is 12.3 Å². The minimum atomic E-state index is -1.02. The van der Waals surface area contributed by atoms with Gasteiger partial charge in [0.1, 0.15) is 0 Å². The topological polar surface area (TPSA) is 93.5 Å². The van der Waals surface area contributed by atoms with Crippen LogP contribution in [-0.4, -0.2) is 24.6 Å². The maximum absolute atomic E-state index is 13.6. The molecule has 1 atom stereocenters. The summed E-state index contributed by atoms with van der Waals surface area (Å²) in [4.78, 5) is 22.8. The van der Waals surface area contributed by atoms with E-state index in [4.69, 9.17) is 10.5 Å². The maximum Gasteiger partial charge on any atom is 0.321 e. The van der Waals surface area contributed by atoms with Gasteiger partial charge in [0, 0.05) is 18.3 Å². The van der Waals surface area contributed by atoms with Gasteiger partial charge >= 0.3 is 6.03 Å². The van der Waals surface area contributed by atoms with Crippen molar-refractivity contribution >= 4 is 17.6 Å². The maximum atomic E-state index is 13.6. The summed E-state index contributed by atoms with van der Waals surface area (Å²) in [6.45, 7) is 5.22. The molecule has 4 N–H and O–H groups in total. The van der Waals surface area contributed by atoms with Crippen molar-refractivity contribution in [1.29, 1.82) is 0 Å². The first-order chi connectivity index (χ1) is 9.35. The molecule has 0 radical (unpaired) electrons. The second-order valence-electron chi connectivity index (χ2n) is 4.25. The van der Waals surface area contributed by atoms with E-state index in [1.54, 1.807) is 13.8 Å². The minimum absolute atomic E-state index is 0.0877. The number of hydrogen-bond donors (Lipinski definition) is 3. The first-order valence-corrected chi connectivity index (χ1v) is 6.16. The lowest BCUT2D eigenvalue weighted by atomic mass is 10.2. The van der Waals surface area contributed by atoms with Gasteiger partial charge in [-0.15, -0.1) is 0 Å². The van der Waals surface area contributed by atoms with Crippen LogP contribution in [0.4, 0.5) is 14.9 Å². The molecule has 0 aromatic heterocycles. The van der Waals surface area contributed by atoms with Gasteiger partial charge in [-0.3, -0.25) is 10.1 Å². The minimum Gasteiger partial charge on any atom is -0.478 e. The van der Waals surface area contributed by atoms with Crippen LogP contribution in [0.5, 0.6) is 5.75 Å². The van der Waals surface area contributed by atoms with Gasteiger partial charge in [-0.05, 0) is 32.4 Å². The van der Waals surface area contributed by atoms with E-state index in [9.17, 15) is 14.0 Å². The highest BCUT2D eigenvalue weighted by Crippen LogP contribution is 2.24. The number of ether oxygens (including phenoxy) is 1. The fourth-order valence-electron chi connectivity index (χ4n) is 1.42. The third-order valence-electron chi connectivity index (χ3n) is 2.57. The Kier molecular flexibility index (Phi) is 5.31. The summed E-state index contributed by atoms with van der Waals surface area (Å²) >= 11 is 0. The van der Waals surface area contributed by atoms with Crippen LogP contribution >= 0.6 is 0 Å². The summed E-state index contributed by atoms with van der Waals surface area (Å²) in [5.41, 5.74) is 6.49. The zero-order chi connectivity index (χ0) is 15.3. The van der Waals surface area contributed by atoms with Gasteiger partial charge in [0.15, 0.2) is 17.7 Å². The predicted octanol–water partition coefficient (Wildman–Crippen LogP) is 1.33. The summed E-state index contributed by atoms with van der Waals surface area (Å²) in [5.74, 6) is -1.41. The van der Waals surface area contributed by atoms with Crippen LogP contribution in [-0.2, 0) is 4.79 Å². The van der Waals surface area contributed by atoms with Crippen LogP contribution in [0.1, 0.15) is 19.4 Å². The second-order valence-corrected chi connectivity index (χ2v) is 4.25. The molecule has 1 unspecified atom stereocenters. The summed E-state index contributed by atoms with van der Waals surface area (Å²) < 4.78 is 18.8.